The molecule has 0 radical (unpaired) electrons. The molecule has 6 nitrogen and oxygen atoms in total. The first-order chi connectivity index (χ1) is 15.0. The van der Waals surface area contributed by atoms with Gasteiger partial charge >= 0.3 is 0 Å². The van der Waals surface area contributed by atoms with Gasteiger partial charge in [-0.05, 0) is 29.4 Å². The number of hydrogen-bond acceptors (Lipinski definition) is 5. The molecule has 1 N–H and O–H groups in total. The first kappa shape index (κ1) is 17.8. The number of benzene rings is 3. The predicted molar refractivity (Wildman–Crippen MR) is 113 cm³/mol. The van der Waals surface area contributed by atoms with Gasteiger partial charge in [0.1, 0.15) is 11.0 Å². The minimum Gasteiger partial charge on any atom is -0.324 e. The fourth-order valence-corrected chi connectivity index (χ4v) is 6.40. The summed E-state index contributed by atoms with van der Waals surface area (Å²) < 4.78 is 0. The number of rotatable bonds is 0. The quantitative estimate of drug-likeness (QED) is 0.621. The van der Waals surface area contributed by atoms with Crippen molar-refractivity contribution in [2.45, 2.75) is 11.0 Å². The lowest BCUT2D eigenvalue weighted by Gasteiger charge is -2.44. The number of para-hydroxylation sites is 1. The summed E-state index contributed by atoms with van der Waals surface area (Å²) in [7, 11) is 1.72. The fraction of sp³-hybridized carbons (Fsp3) is 0.200. The van der Waals surface area contributed by atoms with E-state index in [0.29, 0.717) is 22.4 Å². The van der Waals surface area contributed by atoms with Gasteiger partial charge in [-0.3, -0.25) is 14.5 Å². The number of nitrogens with one attached hydrogen (secondary N) is 1. The maximum absolute atomic E-state index is 14.4. The largest absolute Gasteiger partial charge is 0.324 e. The summed E-state index contributed by atoms with van der Waals surface area (Å²) in [5, 5.41) is 25.3. The number of carbonyl (C=O) groups excluding carboxylic acids is 2. The van der Waals surface area contributed by atoms with Gasteiger partial charge < -0.3 is 5.32 Å². The van der Waals surface area contributed by atoms with E-state index in [1.165, 1.54) is 0 Å². The highest BCUT2D eigenvalue weighted by atomic mass is 16.2. The van der Waals surface area contributed by atoms with Crippen molar-refractivity contribution < 1.29 is 9.59 Å². The van der Waals surface area contributed by atoms with E-state index >= 15 is 0 Å². The average Bonchev–Trinajstić information content (AvgIpc) is 3.33. The van der Waals surface area contributed by atoms with Crippen LogP contribution in [0.2, 0.25) is 0 Å². The standard InChI is InChI=1S/C25H16N4O2/c1-29-14-23(12-26,13-27)24(25(29)17-9-2-3-11-19(17)28-22(25)31)18-10-5-7-15-6-4-8-16(20(15)18)21(24)30/h2-11H,14H2,1H3,(H,28,31)/t24-,25-/m1/s1. The molecule has 1 amide bonds. The summed E-state index contributed by atoms with van der Waals surface area (Å²) in [6.45, 7) is -0.0299. The molecule has 1 fully saturated rings. The Balaban J connectivity index is 1.88. The number of Topliss-reactive ketones (excluding diaryl/α,β-unsaturated/α-hetero) is 1. The van der Waals surface area contributed by atoms with Crippen LogP contribution in [0.1, 0.15) is 21.5 Å². The first-order valence-electron chi connectivity index (χ1n) is 10.0. The number of likely N-dealkylation sites (tertiary alicyclic amines) is 1. The van der Waals surface area contributed by atoms with Crippen LogP contribution in [-0.2, 0) is 15.7 Å². The van der Waals surface area contributed by atoms with Gasteiger partial charge in [-0.2, -0.15) is 10.5 Å². The molecule has 1 aliphatic carbocycles. The van der Waals surface area contributed by atoms with Gasteiger partial charge in [-0.15, -0.1) is 0 Å². The Labute approximate surface area is 178 Å². The lowest BCUT2D eigenvalue weighted by molar-refractivity contribution is -0.127. The second-order valence-electron chi connectivity index (χ2n) is 8.48. The maximum atomic E-state index is 14.4. The summed E-state index contributed by atoms with van der Waals surface area (Å²) in [5.41, 5.74) is -2.72. The third kappa shape index (κ3) is 1.56. The fourth-order valence-electron chi connectivity index (χ4n) is 6.40. The van der Waals surface area contributed by atoms with Crippen LogP contribution < -0.4 is 5.32 Å². The van der Waals surface area contributed by atoms with Gasteiger partial charge in [0.2, 0.25) is 0 Å². The highest BCUT2D eigenvalue weighted by Gasteiger charge is 2.82. The van der Waals surface area contributed by atoms with Gasteiger partial charge in [0, 0.05) is 23.4 Å². The summed E-state index contributed by atoms with van der Waals surface area (Å²) >= 11 is 0. The Hall–Kier alpha value is -4.00. The molecule has 6 heteroatoms. The van der Waals surface area contributed by atoms with E-state index in [2.05, 4.69) is 17.5 Å². The van der Waals surface area contributed by atoms with Crippen molar-refractivity contribution in [3.8, 4) is 12.1 Å². The van der Waals surface area contributed by atoms with Gasteiger partial charge in [0.05, 0.1) is 12.1 Å². The van der Waals surface area contributed by atoms with Gasteiger partial charge in [-0.25, -0.2) is 0 Å². The average molecular weight is 404 g/mol. The SMILES string of the molecule is CN1CC(C#N)(C#N)[C@@]2(C(=O)c3cccc4cccc2c34)[C@@]12C(=O)Nc1ccccc12. The highest BCUT2D eigenvalue weighted by molar-refractivity contribution is 6.26. The maximum Gasteiger partial charge on any atom is 0.251 e. The van der Waals surface area contributed by atoms with Crippen LogP contribution in [0.5, 0.6) is 0 Å². The summed E-state index contributed by atoms with van der Waals surface area (Å²) in [6, 6.07) is 22.6. The second-order valence-corrected chi connectivity index (χ2v) is 8.48. The molecule has 2 aliphatic heterocycles. The third-order valence-corrected chi connectivity index (χ3v) is 7.40. The molecule has 2 spiro atoms. The lowest BCUT2D eigenvalue weighted by atomic mass is 9.53. The summed E-state index contributed by atoms with van der Waals surface area (Å²) in [4.78, 5) is 30.0. The molecule has 1 saturated heterocycles. The predicted octanol–water partition coefficient (Wildman–Crippen LogP) is 3.10. The molecular weight excluding hydrogens is 388 g/mol. The summed E-state index contributed by atoms with van der Waals surface area (Å²) in [6.07, 6.45) is 0. The van der Waals surface area contributed by atoms with Gasteiger partial charge in [0.25, 0.3) is 5.91 Å². The van der Waals surface area contributed by atoms with Crippen LogP contribution in [-0.4, -0.2) is 30.2 Å². The molecule has 3 aliphatic rings. The number of ketones is 1. The van der Waals surface area contributed by atoms with E-state index < -0.39 is 16.4 Å². The van der Waals surface area contributed by atoms with Crippen LogP contribution in [0.15, 0.2) is 60.7 Å². The monoisotopic (exact) mass is 404 g/mol. The number of likely N-dealkylation sites (N-methyl/N-ethyl adjacent to an activating group) is 1. The van der Waals surface area contributed by atoms with Crippen molar-refractivity contribution in [3.63, 3.8) is 0 Å². The lowest BCUT2D eigenvalue weighted by Crippen LogP contribution is -2.62. The van der Waals surface area contributed by atoms with E-state index in [1.54, 1.807) is 36.2 Å². The Morgan fingerprint density at radius 2 is 1.61 bits per heavy atom. The van der Waals surface area contributed by atoms with Crippen LogP contribution in [0, 0.1) is 28.1 Å². The molecule has 0 unspecified atom stereocenters. The Bertz CT molecular complexity index is 1430. The number of amides is 1. The summed E-state index contributed by atoms with van der Waals surface area (Å²) in [5.74, 6) is -0.736. The molecular formula is C25H16N4O2. The zero-order valence-corrected chi connectivity index (χ0v) is 16.6. The number of nitrogens with zero attached hydrogens (tertiary/aromatic N) is 3. The van der Waals surface area contributed by atoms with Crippen molar-refractivity contribution in [1.29, 1.82) is 10.5 Å². The third-order valence-electron chi connectivity index (χ3n) is 7.40. The molecule has 3 aromatic carbocycles. The van der Waals surface area contributed by atoms with E-state index in [0.717, 1.165) is 10.8 Å². The molecule has 2 atom stereocenters. The molecule has 2 heterocycles. The molecule has 6 rings (SSSR count). The molecule has 31 heavy (non-hydrogen) atoms. The zero-order chi connectivity index (χ0) is 21.6. The van der Waals surface area contributed by atoms with Crippen molar-refractivity contribution >= 4 is 28.2 Å². The minimum atomic E-state index is -1.75. The van der Waals surface area contributed by atoms with Crippen molar-refractivity contribution in [2.24, 2.45) is 5.41 Å². The number of fused-ring (bicyclic) bond motifs is 4. The number of nitriles is 2. The number of carbonyl (C=O) groups is 2. The van der Waals surface area contributed by atoms with Crippen LogP contribution in [0.25, 0.3) is 10.8 Å². The number of anilines is 1. The molecule has 148 valence electrons. The minimum absolute atomic E-state index is 0.0299. The van der Waals surface area contributed by atoms with E-state index in [-0.39, 0.29) is 18.2 Å². The van der Waals surface area contributed by atoms with E-state index in [9.17, 15) is 20.1 Å². The normalized spacial score (nSPS) is 27.5. The van der Waals surface area contributed by atoms with Gasteiger partial charge in [-0.1, -0.05) is 54.6 Å². The molecule has 0 saturated carbocycles. The topological polar surface area (TPSA) is 97.0 Å². The van der Waals surface area contributed by atoms with Gasteiger partial charge in [0.15, 0.2) is 11.2 Å². The van der Waals surface area contributed by atoms with E-state index in [4.69, 9.17) is 0 Å². The Morgan fingerprint density at radius 3 is 2.35 bits per heavy atom. The highest BCUT2D eigenvalue weighted by Crippen LogP contribution is 2.68. The first-order valence-corrected chi connectivity index (χ1v) is 10.0. The van der Waals surface area contributed by atoms with E-state index in [1.807, 2.05) is 36.4 Å². The van der Waals surface area contributed by atoms with Crippen LogP contribution in [0.4, 0.5) is 5.69 Å². The Kier molecular flexibility index (Phi) is 3.09. The van der Waals surface area contributed by atoms with Crippen molar-refractivity contribution in [2.75, 3.05) is 18.9 Å². The molecule has 3 aromatic rings. The number of hydrogen-bond donors (Lipinski definition) is 1. The Morgan fingerprint density at radius 1 is 0.935 bits per heavy atom. The van der Waals surface area contributed by atoms with Crippen molar-refractivity contribution in [3.05, 3.63) is 77.4 Å². The second kappa shape index (κ2) is 5.37. The molecule has 0 bridgehead atoms. The zero-order valence-electron chi connectivity index (χ0n) is 16.6. The van der Waals surface area contributed by atoms with Crippen LogP contribution >= 0.6 is 0 Å². The molecule has 0 aromatic heterocycles. The van der Waals surface area contributed by atoms with Crippen LogP contribution in [0.3, 0.4) is 0 Å². The van der Waals surface area contributed by atoms with Crippen molar-refractivity contribution in [1.82, 2.24) is 4.90 Å². The smallest absolute Gasteiger partial charge is 0.251 e.